The average molecular weight is 806 g/mol. The molecule has 2 aromatic carbocycles. The number of alkyl halides is 2. The Hall–Kier alpha value is -5.26. The molecule has 0 unspecified atom stereocenters. The molecule has 2 aromatic heterocycles. The fourth-order valence-corrected chi connectivity index (χ4v) is 9.18. The highest BCUT2D eigenvalue weighted by Crippen LogP contribution is 2.49. The van der Waals surface area contributed by atoms with Crippen LogP contribution in [0.3, 0.4) is 0 Å². The second kappa shape index (κ2) is 14.6. The van der Waals surface area contributed by atoms with Crippen LogP contribution in [0.5, 0.6) is 0 Å². The van der Waals surface area contributed by atoms with Crippen molar-refractivity contribution < 1.29 is 36.0 Å². The zero-order valence-corrected chi connectivity index (χ0v) is 32.6. The van der Waals surface area contributed by atoms with Crippen LogP contribution >= 0.6 is 0 Å². The summed E-state index contributed by atoms with van der Waals surface area (Å²) in [6, 6.07) is 14.6. The van der Waals surface area contributed by atoms with Gasteiger partial charge in [0.15, 0.2) is 0 Å². The number of sulfonamides is 1. The number of nitrogens with one attached hydrogen (secondary N) is 3. The van der Waals surface area contributed by atoms with E-state index in [-0.39, 0.29) is 19.0 Å². The first kappa shape index (κ1) is 38.6. The number of anilines is 1. The summed E-state index contributed by atoms with van der Waals surface area (Å²) in [6.07, 6.45) is 0.0734. The van der Waals surface area contributed by atoms with E-state index in [0.717, 1.165) is 36.0 Å². The van der Waals surface area contributed by atoms with Gasteiger partial charge < -0.3 is 20.0 Å². The first-order valence-corrected chi connectivity index (χ1v) is 20.8. The molecule has 0 spiro atoms. The van der Waals surface area contributed by atoms with Crippen molar-refractivity contribution in [2.45, 2.75) is 107 Å². The molecule has 3 fully saturated rings. The first-order chi connectivity index (χ1) is 27.1. The Morgan fingerprint density at radius 1 is 0.982 bits per heavy atom. The summed E-state index contributed by atoms with van der Waals surface area (Å²) in [5.74, 6) is -3.85. The predicted molar refractivity (Wildman–Crippen MR) is 203 cm³/mol. The molecule has 302 valence electrons. The molecule has 5 atom stereocenters. The number of rotatable bonds is 7. The van der Waals surface area contributed by atoms with Gasteiger partial charge in [-0.3, -0.25) is 19.1 Å². The third-order valence-corrected chi connectivity index (χ3v) is 13.1. The molecule has 1 saturated heterocycles. The SMILES string of the molecule is CC(C)(C)[C@@H]1Nc2nnc(o2)CCCCc2cccc(c2)-c2nn(nc2-c2ccccc2)[C@@H]2C[C@@H](C(=O)N[C@]3(C(=O)NS(=O)(=O)C4CC4)C[C@H]3C(F)F)N(C2)C1=O. The van der Waals surface area contributed by atoms with E-state index >= 15 is 0 Å². The summed E-state index contributed by atoms with van der Waals surface area (Å²) in [4.78, 5) is 45.6. The topological polar surface area (TPSA) is 194 Å². The molecule has 18 heteroatoms. The minimum Gasteiger partial charge on any atom is -0.408 e. The molecule has 3 amide bonds. The minimum atomic E-state index is -4.12. The van der Waals surface area contributed by atoms with Gasteiger partial charge >= 0.3 is 6.01 Å². The van der Waals surface area contributed by atoms with Crippen LogP contribution in [0.15, 0.2) is 59.0 Å². The molecular formula is C39H45F2N9O6S. The van der Waals surface area contributed by atoms with Crippen molar-refractivity contribution in [1.29, 1.82) is 0 Å². The maximum Gasteiger partial charge on any atom is 0.316 e. The number of carbonyl (C=O) groups is 3. The lowest BCUT2D eigenvalue weighted by atomic mass is 9.85. The van der Waals surface area contributed by atoms with E-state index in [9.17, 15) is 31.6 Å². The standard InChI is InChI=1S/C39H45F2N9O6S/c1-38(2,3)32-35(52)49-21-25(19-28(49)34(51)43-39(20-27(39)33(40)41)36(53)48-57(54,55)26-16-17-26)50-46-30(23-12-5-4-6-13-23)31(47-50)24-14-9-11-22(18-24)10-7-8-15-29-44-45-37(42-32)56-29/h4-6,9,11-14,18,25-28,32-33H,7-8,10,15-17,19-21H2,1-3H3,(H,42,45)(H,43,51)(H,48,53)/t25-,27+,28+,32-,39-/m1/s1. The van der Waals surface area contributed by atoms with Crippen molar-refractivity contribution in [3.8, 4) is 22.5 Å². The lowest BCUT2D eigenvalue weighted by Gasteiger charge is -2.35. The summed E-state index contributed by atoms with van der Waals surface area (Å²) in [7, 11) is -4.12. The van der Waals surface area contributed by atoms with Crippen molar-refractivity contribution >= 4 is 33.8 Å². The highest BCUT2D eigenvalue weighted by atomic mass is 32.2. The maximum absolute atomic E-state index is 14.8. The number of hydrogen-bond donors (Lipinski definition) is 3. The van der Waals surface area contributed by atoms with Gasteiger partial charge in [0.1, 0.15) is 29.0 Å². The van der Waals surface area contributed by atoms with E-state index in [2.05, 4.69) is 33.0 Å². The quantitative estimate of drug-likeness (QED) is 0.241. The summed E-state index contributed by atoms with van der Waals surface area (Å²) in [5, 5.41) is 23.1. The van der Waals surface area contributed by atoms with E-state index < -0.39 is 80.8 Å². The molecule has 4 aromatic rings. The molecule has 4 aliphatic rings. The van der Waals surface area contributed by atoms with Crippen molar-refractivity contribution in [2.24, 2.45) is 11.3 Å². The van der Waals surface area contributed by atoms with Crippen molar-refractivity contribution in [1.82, 2.24) is 40.1 Å². The number of aromatic nitrogens is 5. The van der Waals surface area contributed by atoms with Gasteiger partial charge in [0.05, 0.1) is 17.2 Å². The van der Waals surface area contributed by atoms with Crippen LogP contribution in [0.1, 0.15) is 76.8 Å². The van der Waals surface area contributed by atoms with Gasteiger partial charge in [0, 0.05) is 30.5 Å². The third-order valence-electron chi connectivity index (χ3n) is 11.3. The van der Waals surface area contributed by atoms with Crippen molar-refractivity contribution in [2.75, 3.05) is 11.9 Å². The van der Waals surface area contributed by atoms with Crippen LogP contribution in [-0.4, -0.2) is 92.1 Å². The van der Waals surface area contributed by atoms with Gasteiger partial charge in [-0.1, -0.05) is 74.4 Å². The van der Waals surface area contributed by atoms with Gasteiger partial charge in [-0.15, -0.1) is 5.10 Å². The molecule has 2 aliphatic heterocycles. The Morgan fingerprint density at radius 2 is 1.68 bits per heavy atom. The number of benzene rings is 2. The Labute approximate surface area is 328 Å². The van der Waals surface area contributed by atoms with Gasteiger partial charge in [-0.25, -0.2) is 17.2 Å². The predicted octanol–water partition coefficient (Wildman–Crippen LogP) is 4.29. The number of fused-ring (bicyclic) bond motifs is 10. The fraction of sp³-hybridized carbons (Fsp3) is 0.513. The van der Waals surface area contributed by atoms with Crippen LogP contribution in [0.25, 0.3) is 22.5 Å². The van der Waals surface area contributed by atoms with E-state index in [1.54, 1.807) is 0 Å². The molecule has 15 nitrogen and oxygen atoms in total. The largest absolute Gasteiger partial charge is 0.408 e. The second-order valence-electron chi connectivity index (χ2n) is 16.6. The molecule has 2 aliphatic carbocycles. The Balaban J connectivity index is 1.19. The van der Waals surface area contributed by atoms with Crippen LogP contribution < -0.4 is 15.4 Å². The smallest absolute Gasteiger partial charge is 0.316 e. The van der Waals surface area contributed by atoms with E-state index in [0.29, 0.717) is 36.5 Å². The summed E-state index contributed by atoms with van der Waals surface area (Å²) in [5.41, 5.74) is 0.966. The summed E-state index contributed by atoms with van der Waals surface area (Å²) in [6.45, 7) is 5.43. The molecule has 0 radical (unpaired) electrons. The van der Waals surface area contributed by atoms with Crippen LogP contribution in [0, 0.1) is 11.3 Å². The van der Waals surface area contributed by atoms with Gasteiger partial charge in [0.2, 0.25) is 34.2 Å². The van der Waals surface area contributed by atoms with Crippen molar-refractivity contribution in [3.63, 3.8) is 0 Å². The number of halogens is 2. The summed E-state index contributed by atoms with van der Waals surface area (Å²) >= 11 is 0. The second-order valence-corrected chi connectivity index (χ2v) is 18.6. The average Bonchev–Trinajstić information content (AvgIpc) is 3.99. The number of aryl methyl sites for hydroxylation is 2. The highest BCUT2D eigenvalue weighted by molar-refractivity contribution is 7.91. The third kappa shape index (κ3) is 7.75. The maximum atomic E-state index is 14.8. The number of carbonyl (C=O) groups excluding carboxylic acids is 3. The van der Waals surface area contributed by atoms with Crippen LogP contribution in [0.4, 0.5) is 14.8 Å². The van der Waals surface area contributed by atoms with Gasteiger partial charge in [-0.2, -0.15) is 15.0 Å². The number of hydrogen-bond acceptors (Lipinski definition) is 11. The number of nitrogens with zero attached hydrogens (tertiary/aromatic N) is 6. The van der Waals surface area contributed by atoms with Gasteiger partial charge in [-0.05, 0) is 55.6 Å². The molecule has 57 heavy (non-hydrogen) atoms. The lowest BCUT2D eigenvalue weighted by Crippen LogP contribution is -2.59. The highest BCUT2D eigenvalue weighted by Gasteiger charge is 2.67. The van der Waals surface area contributed by atoms with E-state index in [4.69, 9.17) is 14.6 Å². The van der Waals surface area contributed by atoms with E-state index in [1.807, 2.05) is 68.0 Å². The number of amides is 3. The zero-order chi connectivity index (χ0) is 40.3. The Morgan fingerprint density at radius 3 is 2.37 bits per heavy atom. The fourth-order valence-electron chi connectivity index (χ4n) is 7.81. The Kier molecular flexibility index (Phi) is 9.89. The minimum absolute atomic E-state index is 0.0248. The van der Waals surface area contributed by atoms with Crippen LogP contribution in [-0.2, 0) is 37.2 Å². The van der Waals surface area contributed by atoms with E-state index in [1.165, 1.54) is 9.70 Å². The zero-order valence-electron chi connectivity index (χ0n) is 31.8. The lowest BCUT2D eigenvalue weighted by molar-refractivity contribution is -0.141. The molecule has 3 N–H and O–H groups in total. The molecule has 2 saturated carbocycles. The molecular weight excluding hydrogens is 761 g/mol. The monoisotopic (exact) mass is 805 g/mol. The first-order valence-electron chi connectivity index (χ1n) is 19.3. The molecule has 8 bridgehead atoms. The van der Waals surface area contributed by atoms with Gasteiger partial charge in [0.25, 0.3) is 5.91 Å². The summed E-state index contributed by atoms with van der Waals surface area (Å²) < 4.78 is 61.8. The Bertz CT molecular complexity index is 2290. The van der Waals surface area contributed by atoms with Crippen molar-refractivity contribution in [3.05, 3.63) is 66.1 Å². The van der Waals surface area contributed by atoms with Crippen LogP contribution in [0.2, 0.25) is 0 Å². The molecule has 8 rings (SSSR count). The molecule has 4 heterocycles. The normalized spacial score (nSPS) is 25.2.